The molecule has 0 radical (unpaired) electrons. The molecule has 0 bridgehead atoms. The van der Waals surface area contributed by atoms with Gasteiger partial charge in [0.15, 0.2) is 0 Å². The van der Waals surface area contributed by atoms with Crippen LogP contribution in [0, 0.1) is 0 Å². The molecule has 0 aromatic heterocycles. The minimum absolute atomic E-state index is 0.673. The maximum absolute atomic E-state index is 5.90. The van der Waals surface area contributed by atoms with Crippen molar-refractivity contribution in [2.75, 3.05) is 39.5 Å². The van der Waals surface area contributed by atoms with E-state index in [0.717, 1.165) is 12.6 Å². The van der Waals surface area contributed by atoms with Gasteiger partial charge in [-0.1, -0.05) is 12.8 Å². The molecule has 1 aliphatic rings. The Labute approximate surface area is 119 Å². The van der Waals surface area contributed by atoms with Crippen molar-refractivity contribution in [3.05, 3.63) is 0 Å². The number of rotatable bonds is 9. The van der Waals surface area contributed by atoms with E-state index in [-0.39, 0.29) is 0 Å². The van der Waals surface area contributed by atoms with Crippen molar-refractivity contribution < 1.29 is 13.3 Å². The third kappa shape index (κ3) is 6.36. The largest absolute Gasteiger partial charge is 0.502 e. The van der Waals surface area contributed by atoms with E-state index in [1.807, 2.05) is 20.8 Å². The molecule has 19 heavy (non-hydrogen) atoms. The standard InChI is InChI=1S/C14H31NO3Si/c1-4-16-19(17-5-2,18-6-3)14-13-15-11-9-7-8-10-12-15/h4-14H2,1-3H3. The molecular formula is C14H31NO3Si. The average Bonchev–Trinajstić information content (AvgIpc) is 2.66. The van der Waals surface area contributed by atoms with Gasteiger partial charge in [-0.25, -0.2) is 0 Å². The quantitative estimate of drug-likeness (QED) is 0.611. The Morgan fingerprint density at radius 3 is 1.68 bits per heavy atom. The molecule has 0 aliphatic carbocycles. The molecule has 5 heteroatoms. The maximum Gasteiger partial charge on any atom is 0.502 e. The Balaban J connectivity index is 2.49. The zero-order valence-electron chi connectivity index (χ0n) is 13.0. The summed E-state index contributed by atoms with van der Waals surface area (Å²) in [7, 11) is -2.44. The minimum atomic E-state index is -2.44. The van der Waals surface area contributed by atoms with Gasteiger partial charge < -0.3 is 18.2 Å². The summed E-state index contributed by atoms with van der Waals surface area (Å²) in [6.07, 6.45) is 5.40. The topological polar surface area (TPSA) is 30.9 Å². The molecule has 1 rings (SSSR count). The third-order valence-corrected chi connectivity index (χ3v) is 6.55. The summed E-state index contributed by atoms with van der Waals surface area (Å²) in [6.45, 7) is 11.6. The molecule has 0 atom stereocenters. The predicted molar refractivity (Wildman–Crippen MR) is 80.3 cm³/mol. The first kappa shape index (κ1) is 17.1. The molecular weight excluding hydrogens is 258 g/mol. The first-order valence-electron chi connectivity index (χ1n) is 7.90. The fourth-order valence-corrected chi connectivity index (χ4v) is 5.25. The molecule has 0 saturated carbocycles. The Bertz CT molecular complexity index is 204. The minimum Gasteiger partial charge on any atom is -0.374 e. The fraction of sp³-hybridized carbons (Fsp3) is 1.00. The summed E-state index contributed by atoms with van der Waals surface area (Å²) >= 11 is 0. The van der Waals surface area contributed by atoms with Crippen LogP contribution in [0.25, 0.3) is 0 Å². The van der Waals surface area contributed by atoms with Gasteiger partial charge in [0.05, 0.1) is 0 Å². The van der Waals surface area contributed by atoms with Crippen molar-refractivity contribution in [1.82, 2.24) is 4.90 Å². The second-order valence-corrected chi connectivity index (χ2v) is 7.72. The molecule has 0 aromatic carbocycles. The summed E-state index contributed by atoms with van der Waals surface area (Å²) in [5.74, 6) is 0. The van der Waals surface area contributed by atoms with Gasteiger partial charge in [-0.15, -0.1) is 0 Å². The van der Waals surface area contributed by atoms with Crippen LogP contribution in [0.4, 0.5) is 0 Å². The van der Waals surface area contributed by atoms with Crippen LogP contribution in [0.5, 0.6) is 0 Å². The van der Waals surface area contributed by atoms with Crippen molar-refractivity contribution in [3.63, 3.8) is 0 Å². The highest BCUT2D eigenvalue weighted by molar-refractivity contribution is 6.60. The van der Waals surface area contributed by atoms with Gasteiger partial charge in [-0.3, -0.25) is 0 Å². The lowest BCUT2D eigenvalue weighted by molar-refractivity contribution is 0.0681. The second-order valence-electron chi connectivity index (χ2n) is 4.99. The van der Waals surface area contributed by atoms with Gasteiger partial charge in [-0.05, 0) is 46.7 Å². The molecule has 0 unspecified atom stereocenters. The van der Waals surface area contributed by atoms with Crippen molar-refractivity contribution in [2.24, 2.45) is 0 Å². The number of likely N-dealkylation sites (tertiary alicyclic amines) is 1. The monoisotopic (exact) mass is 289 g/mol. The van der Waals surface area contributed by atoms with E-state index in [0.29, 0.717) is 19.8 Å². The summed E-state index contributed by atoms with van der Waals surface area (Å²) in [6, 6.07) is 0.919. The smallest absolute Gasteiger partial charge is 0.374 e. The Kier molecular flexibility index (Phi) is 8.90. The molecule has 114 valence electrons. The van der Waals surface area contributed by atoms with Gasteiger partial charge in [0.1, 0.15) is 0 Å². The van der Waals surface area contributed by atoms with Crippen molar-refractivity contribution >= 4 is 8.80 Å². The van der Waals surface area contributed by atoms with E-state index in [2.05, 4.69) is 4.90 Å². The summed E-state index contributed by atoms with van der Waals surface area (Å²) in [4.78, 5) is 2.55. The number of nitrogens with zero attached hydrogens (tertiary/aromatic N) is 1. The average molecular weight is 289 g/mol. The van der Waals surface area contributed by atoms with E-state index in [9.17, 15) is 0 Å². The van der Waals surface area contributed by atoms with Crippen LogP contribution < -0.4 is 0 Å². The maximum atomic E-state index is 5.90. The van der Waals surface area contributed by atoms with Crippen molar-refractivity contribution in [3.8, 4) is 0 Å². The molecule has 0 amide bonds. The molecule has 1 fully saturated rings. The Morgan fingerprint density at radius 1 is 0.789 bits per heavy atom. The van der Waals surface area contributed by atoms with Crippen LogP contribution in [0.3, 0.4) is 0 Å². The lowest BCUT2D eigenvalue weighted by Crippen LogP contribution is -2.48. The predicted octanol–water partition coefficient (Wildman–Crippen LogP) is 2.91. The SMILES string of the molecule is CCO[Si](CCN1CCCCCC1)(OCC)OCC. The van der Waals surface area contributed by atoms with E-state index >= 15 is 0 Å². The van der Waals surface area contributed by atoms with Crippen molar-refractivity contribution in [1.29, 1.82) is 0 Å². The molecule has 0 spiro atoms. The number of hydrogen-bond acceptors (Lipinski definition) is 4. The summed E-state index contributed by atoms with van der Waals surface area (Å²) in [5.41, 5.74) is 0. The normalized spacial score (nSPS) is 18.5. The second kappa shape index (κ2) is 9.88. The van der Waals surface area contributed by atoms with Gasteiger partial charge in [-0.2, -0.15) is 0 Å². The van der Waals surface area contributed by atoms with Gasteiger partial charge in [0.25, 0.3) is 0 Å². The Hall–Kier alpha value is 0.0569. The van der Waals surface area contributed by atoms with Crippen LogP contribution in [-0.2, 0) is 13.3 Å². The molecule has 0 N–H and O–H groups in total. The van der Waals surface area contributed by atoms with Crippen LogP contribution in [0.1, 0.15) is 46.5 Å². The van der Waals surface area contributed by atoms with E-state index in [1.54, 1.807) is 0 Å². The molecule has 4 nitrogen and oxygen atoms in total. The first-order chi connectivity index (χ1) is 9.26. The fourth-order valence-electron chi connectivity index (χ4n) is 2.66. The van der Waals surface area contributed by atoms with Crippen molar-refractivity contribution in [2.45, 2.75) is 52.5 Å². The first-order valence-corrected chi connectivity index (χ1v) is 9.83. The number of hydrogen-bond donors (Lipinski definition) is 0. The van der Waals surface area contributed by atoms with E-state index < -0.39 is 8.80 Å². The highest BCUT2D eigenvalue weighted by atomic mass is 28.4. The molecule has 0 aromatic rings. The van der Waals surface area contributed by atoms with Gasteiger partial charge in [0, 0.05) is 32.4 Å². The summed E-state index contributed by atoms with van der Waals surface area (Å²) in [5, 5.41) is 0. The zero-order chi connectivity index (χ0) is 14.0. The van der Waals surface area contributed by atoms with E-state index in [1.165, 1.54) is 38.8 Å². The van der Waals surface area contributed by atoms with Crippen LogP contribution >= 0.6 is 0 Å². The molecule has 1 aliphatic heterocycles. The molecule has 1 heterocycles. The van der Waals surface area contributed by atoms with Crippen LogP contribution in [0.2, 0.25) is 6.04 Å². The zero-order valence-corrected chi connectivity index (χ0v) is 14.0. The highest BCUT2D eigenvalue weighted by Crippen LogP contribution is 2.18. The van der Waals surface area contributed by atoms with Crippen LogP contribution in [-0.4, -0.2) is 53.2 Å². The Morgan fingerprint density at radius 2 is 1.26 bits per heavy atom. The van der Waals surface area contributed by atoms with Crippen LogP contribution in [0.15, 0.2) is 0 Å². The lowest BCUT2D eigenvalue weighted by Gasteiger charge is -2.30. The lowest BCUT2D eigenvalue weighted by atomic mass is 10.2. The summed E-state index contributed by atoms with van der Waals surface area (Å²) < 4.78 is 17.7. The molecule has 1 saturated heterocycles. The third-order valence-electron chi connectivity index (χ3n) is 3.53. The van der Waals surface area contributed by atoms with Gasteiger partial charge >= 0.3 is 8.80 Å². The van der Waals surface area contributed by atoms with Gasteiger partial charge in [0.2, 0.25) is 0 Å². The highest BCUT2D eigenvalue weighted by Gasteiger charge is 2.40. The van der Waals surface area contributed by atoms with E-state index in [4.69, 9.17) is 13.3 Å².